The molecule has 1 aromatic heterocycles. The number of nitrogens with one attached hydrogen (secondary N) is 1. The van der Waals surface area contributed by atoms with Crippen molar-refractivity contribution in [2.45, 2.75) is 6.04 Å². The van der Waals surface area contributed by atoms with Gasteiger partial charge in [0, 0.05) is 35.0 Å². The third-order valence-electron chi connectivity index (χ3n) is 4.59. The summed E-state index contributed by atoms with van der Waals surface area (Å²) in [6.07, 6.45) is 0. The molecule has 0 saturated heterocycles. The molecule has 0 aliphatic rings. The molecule has 0 radical (unpaired) electrons. The Hall–Kier alpha value is -3.87. The summed E-state index contributed by atoms with van der Waals surface area (Å²) in [5.41, 5.74) is 1.81. The van der Waals surface area contributed by atoms with Crippen LogP contribution in [0.5, 0.6) is 11.5 Å². The summed E-state index contributed by atoms with van der Waals surface area (Å²) in [6, 6.07) is 20.5. The summed E-state index contributed by atoms with van der Waals surface area (Å²) in [7, 11) is 3.13. The monoisotopic (exact) mass is 405 g/mol. The van der Waals surface area contributed by atoms with Crippen LogP contribution in [-0.4, -0.2) is 24.4 Å². The third-order valence-corrected chi connectivity index (χ3v) is 4.59. The second kappa shape index (κ2) is 8.65. The SMILES string of the molecule is COc1cc(NC(c2nnc(-c3ccccc3)o2)c2ccccc2F)cc(OC)c1. The van der Waals surface area contributed by atoms with Crippen molar-refractivity contribution >= 4 is 5.69 Å². The lowest BCUT2D eigenvalue weighted by molar-refractivity contribution is 0.394. The number of hydrogen-bond donors (Lipinski definition) is 1. The molecule has 1 heterocycles. The fourth-order valence-electron chi connectivity index (χ4n) is 3.09. The van der Waals surface area contributed by atoms with Gasteiger partial charge in [-0.1, -0.05) is 36.4 Å². The summed E-state index contributed by atoms with van der Waals surface area (Å²) < 4.78 is 31.2. The zero-order valence-corrected chi connectivity index (χ0v) is 16.5. The average molecular weight is 405 g/mol. The highest BCUT2D eigenvalue weighted by Gasteiger charge is 2.24. The van der Waals surface area contributed by atoms with E-state index in [-0.39, 0.29) is 11.7 Å². The van der Waals surface area contributed by atoms with E-state index in [1.807, 2.05) is 30.3 Å². The predicted octanol–water partition coefficient (Wildman–Crippen LogP) is 5.09. The summed E-state index contributed by atoms with van der Waals surface area (Å²) >= 11 is 0. The number of hydrogen-bond acceptors (Lipinski definition) is 6. The number of rotatable bonds is 7. The highest BCUT2D eigenvalue weighted by molar-refractivity contribution is 5.56. The van der Waals surface area contributed by atoms with Crippen LogP contribution in [0.3, 0.4) is 0 Å². The standard InChI is InChI=1S/C23H20FN3O3/c1-28-17-12-16(13-18(14-17)29-2)25-21(19-10-6-7-11-20(19)24)23-27-26-22(30-23)15-8-4-3-5-9-15/h3-14,21,25H,1-2H3. The molecule has 1 unspecified atom stereocenters. The quantitative estimate of drug-likeness (QED) is 0.462. The van der Waals surface area contributed by atoms with Crippen molar-refractivity contribution in [2.24, 2.45) is 0 Å². The zero-order chi connectivity index (χ0) is 20.9. The first-order valence-corrected chi connectivity index (χ1v) is 9.31. The van der Waals surface area contributed by atoms with Crippen LogP contribution in [0.15, 0.2) is 77.2 Å². The summed E-state index contributed by atoms with van der Waals surface area (Å²) in [5.74, 6) is 1.40. The molecule has 4 rings (SSSR count). The van der Waals surface area contributed by atoms with Gasteiger partial charge in [0.2, 0.25) is 11.8 Å². The molecule has 1 atom stereocenters. The molecular weight excluding hydrogens is 385 g/mol. The van der Waals surface area contributed by atoms with Gasteiger partial charge in [-0.25, -0.2) is 4.39 Å². The van der Waals surface area contributed by atoms with Gasteiger partial charge in [0.25, 0.3) is 0 Å². The van der Waals surface area contributed by atoms with Crippen LogP contribution in [0.2, 0.25) is 0 Å². The van der Waals surface area contributed by atoms with Gasteiger partial charge in [-0.3, -0.25) is 0 Å². The first-order chi connectivity index (χ1) is 14.7. The molecule has 152 valence electrons. The molecule has 7 heteroatoms. The molecule has 6 nitrogen and oxygen atoms in total. The lowest BCUT2D eigenvalue weighted by Crippen LogP contribution is -2.14. The maximum atomic E-state index is 14.7. The van der Waals surface area contributed by atoms with Crippen molar-refractivity contribution < 1.29 is 18.3 Å². The lowest BCUT2D eigenvalue weighted by atomic mass is 10.1. The minimum absolute atomic E-state index is 0.237. The van der Waals surface area contributed by atoms with Gasteiger partial charge in [0.05, 0.1) is 14.2 Å². The maximum absolute atomic E-state index is 14.7. The minimum Gasteiger partial charge on any atom is -0.497 e. The smallest absolute Gasteiger partial charge is 0.247 e. The van der Waals surface area contributed by atoms with Crippen LogP contribution in [0.4, 0.5) is 10.1 Å². The molecular formula is C23H20FN3O3. The van der Waals surface area contributed by atoms with Crippen molar-refractivity contribution in [1.82, 2.24) is 10.2 Å². The van der Waals surface area contributed by atoms with E-state index in [9.17, 15) is 4.39 Å². The van der Waals surface area contributed by atoms with E-state index in [0.717, 1.165) is 5.56 Å². The first kappa shape index (κ1) is 19.4. The third kappa shape index (κ3) is 4.10. The van der Waals surface area contributed by atoms with Crippen LogP contribution in [0.25, 0.3) is 11.5 Å². The van der Waals surface area contributed by atoms with Gasteiger partial charge in [-0.2, -0.15) is 0 Å². The molecule has 0 spiro atoms. The molecule has 0 fully saturated rings. The molecule has 3 aromatic carbocycles. The highest BCUT2D eigenvalue weighted by Crippen LogP contribution is 2.33. The fraction of sp³-hybridized carbons (Fsp3) is 0.130. The second-order valence-electron chi connectivity index (χ2n) is 6.51. The normalized spacial score (nSPS) is 11.7. The minimum atomic E-state index is -0.715. The van der Waals surface area contributed by atoms with E-state index >= 15 is 0 Å². The molecule has 0 aliphatic heterocycles. The van der Waals surface area contributed by atoms with E-state index in [2.05, 4.69) is 15.5 Å². The molecule has 30 heavy (non-hydrogen) atoms. The number of ether oxygens (including phenoxy) is 2. The Bertz CT molecular complexity index is 1110. The van der Waals surface area contributed by atoms with Gasteiger partial charge >= 0.3 is 0 Å². The van der Waals surface area contributed by atoms with Gasteiger partial charge in [0.15, 0.2) is 0 Å². The van der Waals surface area contributed by atoms with Crippen LogP contribution in [0.1, 0.15) is 17.5 Å². The summed E-state index contributed by atoms with van der Waals surface area (Å²) in [4.78, 5) is 0. The largest absolute Gasteiger partial charge is 0.497 e. The van der Waals surface area contributed by atoms with Crippen LogP contribution in [-0.2, 0) is 0 Å². The molecule has 0 amide bonds. The molecule has 4 aromatic rings. The Morgan fingerprint density at radius 3 is 2.20 bits per heavy atom. The number of methoxy groups -OCH3 is 2. The second-order valence-corrected chi connectivity index (χ2v) is 6.51. The van der Waals surface area contributed by atoms with Gasteiger partial charge < -0.3 is 19.2 Å². The number of nitrogens with zero attached hydrogens (tertiary/aromatic N) is 2. The van der Waals surface area contributed by atoms with Crippen LogP contribution < -0.4 is 14.8 Å². The van der Waals surface area contributed by atoms with Crippen molar-refractivity contribution in [3.63, 3.8) is 0 Å². The van der Waals surface area contributed by atoms with Gasteiger partial charge in [0.1, 0.15) is 23.4 Å². The fourth-order valence-corrected chi connectivity index (χ4v) is 3.09. The number of halogens is 1. The Morgan fingerprint density at radius 1 is 0.867 bits per heavy atom. The number of benzene rings is 3. The predicted molar refractivity (Wildman–Crippen MR) is 111 cm³/mol. The first-order valence-electron chi connectivity index (χ1n) is 9.31. The molecule has 0 saturated carbocycles. The maximum Gasteiger partial charge on any atom is 0.247 e. The Morgan fingerprint density at radius 2 is 1.53 bits per heavy atom. The zero-order valence-electron chi connectivity index (χ0n) is 16.5. The summed E-state index contributed by atoms with van der Waals surface area (Å²) in [6.45, 7) is 0. The topological polar surface area (TPSA) is 69.4 Å². The van der Waals surface area contributed by atoms with Gasteiger partial charge in [-0.15, -0.1) is 10.2 Å². The van der Waals surface area contributed by atoms with Crippen molar-refractivity contribution in [2.75, 3.05) is 19.5 Å². The average Bonchev–Trinajstić information content (AvgIpc) is 3.28. The van der Waals surface area contributed by atoms with Crippen molar-refractivity contribution in [3.05, 3.63) is 90.1 Å². The van der Waals surface area contributed by atoms with Crippen molar-refractivity contribution in [1.29, 1.82) is 0 Å². The van der Waals surface area contributed by atoms with E-state index in [0.29, 0.717) is 28.6 Å². The number of anilines is 1. The molecule has 1 N–H and O–H groups in total. The molecule has 0 bridgehead atoms. The Kier molecular flexibility index (Phi) is 5.61. The Balaban J connectivity index is 1.75. The lowest BCUT2D eigenvalue weighted by Gasteiger charge is -2.18. The van der Waals surface area contributed by atoms with Gasteiger partial charge in [-0.05, 0) is 18.2 Å². The van der Waals surface area contributed by atoms with E-state index in [4.69, 9.17) is 13.9 Å². The highest BCUT2D eigenvalue weighted by atomic mass is 19.1. The Labute approximate surface area is 173 Å². The van der Waals surface area contributed by atoms with Crippen molar-refractivity contribution in [3.8, 4) is 23.0 Å². The number of aromatic nitrogens is 2. The molecule has 0 aliphatic carbocycles. The van der Waals surface area contributed by atoms with Crippen LogP contribution >= 0.6 is 0 Å². The van der Waals surface area contributed by atoms with E-state index in [1.54, 1.807) is 50.6 Å². The van der Waals surface area contributed by atoms with Crippen LogP contribution in [0, 0.1) is 5.82 Å². The van der Waals surface area contributed by atoms with E-state index < -0.39 is 6.04 Å². The van der Waals surface area contributed by atoms with E-state index in [1.165, 1.54) is 6.07 Å². The summed E-state index contributed by atoms with van der Waals surface area (Å²) in [5, 5.41) is 11.6.